The van der Waals surface area contributed by atoms with Crippen molar-refractivity contribution >= 4 is 41.5 Å². The first-order chi connectivity index (χ1) is 13.2. The number of nitrogens with zero attached hydrogens (tertiary/aromatic N) is 1. The molecule has 3 rings (SSSR count). The average molecular weight is 522 g/mol. The van der Waals surface area contributed by atoms with E-state index in [2.05, 4.69) is 27.8 Å². The van der Waals surface area contributed by atoms with Gasteiger partial charge in [-0.25, -0.2) is 0 Å². The van der Waals surface area contributed by atoms with Crippen LogP contribution in [0.5, 0.6) is 0 Å². The second-order valence-corrected chi connectivity index (χ2v) is 8.09. The summed E-state index contributed by atoms with van der Waals surface area (Å²) in [4.78, 5) is 4.35. The van der Waals surface area contributed by atoms with Gasteiger partial charge in [-0.15, -0.1) is 24.0 Å². The van der Waals surface area contributed by atoms with Crippen molar-refractivity contribution in [2.45, 2.75) is 37.5 Å². The molecule has 1 atom stereocenters. The molecular weight excluding hydrogens is 489 g/mol. The Hall–Kier alpha value is -0.570. The fourth-order valence-corrected chi connectivity index (χ4v) is 3.92. The van der Waals surface area contributed by atoms with E-state index in [1.165, 1.54) is 24.8 Å². The van der Waals surface area contributed by atoms with Gasteiger partial charge in [-0.2, -0.15) is 0 Å². The Morgan fingerprint density at radius 3 is 2.68 bits per heavy atom. The fraction of sp³-hybridized carbons (Fsp3) is 0.667. The third-order valence-electron chi connectivity index (χ3n) is 5.72. The highest BCUT2D eigenvalue weighted by molar-refractivity contribution is 14.0. The van der Waals surface area contributed by atoms with Crippen LogP contribution in [0, 0.1) is 5.92 Å². The topological polar surface area (TPSA) is 54.9 Å². The summed E-state index contributed by atoms with van der Waals surface area (Å²) in [6, 6.07) is 8.29. The fourth-order valence-electron chi connectivity index (χ4n) is 3.79. The van der Waals surface area contributed by atoms with E-state index < -0.39 is 0 Å². The van der Waals surface area contributed by atoms with E-state index in [1.54, 1.807) is 0 Å². The quantitative estimate of drug-likeness (QED) is 0.223. The Morgan fingerprint density at radius 1 is 1.29 bits per heavy atom. The van der Waals surface area contributed by atoms with E-state index >= 15 is 0 Å². The van der Waals surface area contributed by atoms with Gasteiger partial charge >= 0.3 is 0 Å². The zero-order chi connectivity index (χ0) is 19.0. The van der Waals surface area contributed by atoms with Crippen LogP contribution < -0.4 is 10.6 Å². The van der Waals surface area contributed by atoms with Crippen LogP contribution in [0.2, 0.25) is 5.02 Å². The monoisotopic (exact) mass is 521 g/mol. The first-order valence-corrected chi connectivity index (χ1v) is 10.5. The first kappa shape index (κ1) is 23.7. The molecule has 0 bridgehead atoms. The van der Waals surface area contributed by atoms with Crippen molar-refractivity contribution in [2.24, 2.45) is 10.9 Å². The SMILES string of the molecule is CN=C(NCCCOCC1CCOC1)NCC1(c2ccc(Cl)cc2)CCC1.I. The summed E-state index contributed by atoms with van der Waals surface area (Å²) in [7, 11) is 1.82. The lowest BCUT2D eigenvalue weighted by Crippen LogP contribution is -2.49. The van der Waals surface area contributed by atoms with E-state index in [0.29, 0.717) is 5.92 Å². The zero-order valence-electron chi connectivity index (χ0n) is 16.7. The molecule has 1 aromatic carbocycles. The maximum atomic E-state index is 6.04. The summed E-state index contributed by atoms with van der Waals surface area (Å²) < 4.78 is 11.1. The predicted molar refractivity (Wildman–Crippen MR) is 126 cm³/mol. The van der Waals surface area contributed by atoms with E-state index in [1.807, 2.05) is 19.2 Å². The third-order valence-corrected chi connectivity index (χ3v) is 5.97. The molecule has 0 amide bonds. The molecule has 1 aliphatic carbocycles. The maximum Gasteiger partial charge on any atom is 0.191 e. The molecule has 1 unspecified atom stereocenters. The van der Waals surface area contributed by atoms with Gasteiger partial charge in [0.15, 0.2) is 5.96 Å². The molecule has 1 heterocycles. The van der Waals surface area contributed by atoms with Gasteiger partial charge in [-0.05, 0) is 43.4 Å². The van der Waals surface area contributed by atoms with Crippen LogP contribution in [0.3, 0.4) is 0 Å². The van der Waals surface area contributed by atoms with E-state index in [9.17, 15) is 0 Å². The number of nitrogens with one attached hydrogen (secondary N) is 2. The van der Waals surface area contributed by atoms with Gasteiger partial charge in [-0.1, -0.05) is 30.2 Å². The van der Waals surface area contributed by atoms with Crippen LogP contribution in [0.15, 0.2) is 29.3 Å². The highest BCUT2D eigenvalue weighted by Crippen LogP contribution is 2.43. The summed E-state index contributed by atoms with van der Waals surface area (Å²) in [6.45, 7) is 5.08. The second kappa shape index (κ2) is 12.2. The third kappa shape index (κ3) is 6.75. The number of benzene rings is 1. The Kier molecular flexibility index (Phi) is 10.3. The van der Waals surface area contributed by atoms with Gasteiger partial charge in [0.05, 0.1) is 13.2 Å². The van der Waals surface area contributed by atoms with Crippen molar-refractivity contribution < 1.29 is 9.47 Å². The summed E-state index contributed by atoms with van der Waals surface area (Å²) in [5.74, 6) is 1.44. The van der Waals surface area contributed by atoms with Gasteiger partial charge in [0.2, 0.25) is 0 Å². The molecule has 2 N–H and O–H groups in total. The lowest BCUT2D eigenvalue weighted by atomic mass is 9.64. The molecular formula is C21H33ClIN3O2. The minimum absolute atomic E-state index is 0. The Balaban J connectivity index is 0.00000280. The molecule has 2 aliphatic rings. The Bertz CT molecular complexity index is 602. The van der Waals surface area contributed by atoms with Crippen LogP contribution in [-0.2, 0) is 14.9 Å². The first-order valence-electron chi connectivity index (χ1n) is 10.1. The minimum Gasteiger partial charge on any atom is -0.381 e. The van der Waals surface area contributed by atoms with Gasteiger partial charge in [0.1, 0.15) is 0 Å². The summed E-state index contributed by atoms with van der Waals surface area (Å²) in [5, 5.41) is 7.69. The Labute approximate surface area is 191 Å². The van der Waals surface area contributed by atoms with Crippen molar-refractivity contribution in [2.75, 3.05) is 46.6 Å². The standard InChI is InChI=1S/C21H32ClN3O2.HI/c1-23-20(24-11-3-12-26-14-17-8-13-27-15-17)25-16-21(9-2-10-21)18-4-6-19(22)7-5-18;/h4-7,17H,2-3,8-16H2,1H3,(H2,23,24,25);1H. The molecule has 1 saturated carbocycles. The number of ether oxygens (including phenoxy) is 2. The van der Waals surface area contributed by atoms with E-state index in [0.717, 1.165) is 63.3 Å². The van der Waals surface area contributed by atoms with Crippen molar-refractivity contribution in [1.82, 2.24) is 10.6 Å². The molecule has 0 spiro atoms. The van der Waals surface area contributed by atoms with Gasteiger partial charge in [0.25, 0.3) is 0 Å². The largest absolute Gasteiger partial charge is 0.381 e. The normalized spacial score (nSPS) is 20.9. The lowest BCUT2D eigenvalue weighted by molar-refractivity contribution is 0.0888. The number of hydrogen-bond donors (Lipinski definition) is 2. The lowest BCUT2D eigenvalue weighted by Gasteiger charge is -2.43. The van der Waals surface area contributed by atoms with Crippen LogP contribution in [0.25, 0.3) is 0 Å². The smallest absolute Gasteiger partial charge is 0.191 e. The van der Waals surface area contributed by atoms with Crippen LogP contribution >= 0.6 is 35.6 Å². The molecule has 1 aromatic rings. The molecule has 0 aromatic heterocycles. The van der Waals surface area contributed by atoms with Crippen LogP contribution in [0.1, 0.15) is 37.7 Å². The van der Waals surface area contributed by atoms with Crippen LogP contribution in [0.4, 0.5) is 0 Å². The molecule has 0 radical (unpaired) electrons. The van der Waals surface area contributed by atoms with E-state index in [-0.39, 0.29) is 29.4 Å². The van der Waals surface area contributed by atoms with Gasteiger partial charge < -0.3 is 20.1 Å². The van der Waals surface area contributed by atoms with Gasteiger partial charge in [0, 0.05) is 49.7 Å². The molecule has 7 heteroatoms. The molecule has 1 saturated heterocycles. The van der Waals surface area contributed by atoms with Crippen molar-refractivity contribution in [3.8, 4) is 0 Å². The summed E-state index contributed by atoms with van der Waals surface area (Å²) >= 11 is 6.04. The molecule has 2 fully saturated rings. The van der Waals surface area contributed by atoms with Crippen molar-refractivity contribution in [3.05, 3.63) is 34.9 Å². The van der Waals surface area contributed by atoms with Crippen LogP contribution in [-0.4, -0.2) is 52.5 Å². The minimum atomic E-state index is 0. The number of rotatable bonds is 9. The molecule has 1 aliphatic heterocycles. The zero-order valence-corrected chi connectivity index (χ0v) is 19.8. The number of hydrogen-bond acceptors (Lipinski definition) is 3. The summed E-state index contributed by atoms with van der Waals surface area (Å²) in [5.41, 5.74) is 1.57. The van der Waals surface area contributed by atoms with Crippen molar-refractivity contribution in [1.29, 1.82) is 0 Å². The molecule has 158 valence electrons. The Morgan fingerprint density at radius 2 is 2.07 bits per heavy atom. The number of halogens is 2. The molecule has 5 nitrogen and oxygen atoms in total. The second-order valence-electron chi connectivity index (χ2n) is 7.65. The van der Waals surface area contributed by atoms with E-state index in [4.69, 9.17) is 21.1 Å². The van der Waals surface area contributed by atoms with Gasteiger partial charge in [-0.3, -0.25) is 4.99 Å². The highest BCUT2D eigenvalue weighted by Gasteiger charge is 2.38. The maximum absolute atomic E-state index is 6.04. The van der Waals surface area contributed by atoms with Crippen molar-refractivity contribution in [3.63, 3.8) is 0 Å². The predicted octanol–water partition coefficient (Wildman–Crippen LogP) is 3.99. The molecule has 28 heavy (non-hydrogen) atoms. The average Bonchev–Trinajstić information content (AvgIpc) is 3.16. The summed E-state index contributed by atoms with van der Waals surface area (Å²) in [6.07, 6.45) is 5.79. The number of aliphatic imine (C=N–C) groups is 1. The number of guanidine groups is 1. The highest BCUT2D eigenvalue weighted by atomic mass is 127.